The highest BCUT2D eigenvalue weighted by Gasteiger charge is 2.48. The Morgan fingerprint density at radius 1 is 0.846 bits per heavy atom. The lowest BCUT2D eigenvalue weighted by molar-refractivity contribution is -0.316. The SMILES string of the molecule is C=CCO[C@H]1O[C@H](COS(=O)(=O)c2ccc(C)cc2)[C@H](O)[C@H](OCc2ccccc2)[C@H]1OCc1ccccc1. The first-order valence-electron chi connectivity index (χ1n) is 12.7. The minimum atomic E-state index is -4.09. The molecule has 0 aliphatic carbocycles. The average Bonchev–Trinajstić information content (AvgIpc) is 2.95. The molecule has 8 nitrogen and oxygen atoms in total. The van der Waals surface area contributed by atoms with Crippen LogP contribution in [0.15, 0.2) is 102 Å². The molecule has 1 N–H and O–H groups in total. The van der Waals surface area contributed by atoms with Gasteiger partial charge in [-0.3, -0.25) is 4.18 Å². The van der Waals surface area contributed by atoms with E-state index in [0.29, 0.717) is 0 Å². The molecule has 0 saturated carbocycles. The zero-order valence-corrected chi connectivity index (χ0v) is 22.6. The number of hydrogen-bond acceptors (Lipinski definition) is 8. The fourth-order valence-corrected chi connectivity index (χ4v) is 5.07. The first kappa shape index (κ1) is 29.1. The molecule has 208 valence electrons. The van der Waals surface area contributed by atoms with Gasteiger partial charge in [0.25, 0.3) is 10.1 Å². The van der Waals surface area contributed by atoms with Crippen LogP contribution in [0, 0.1) is 6.92 Å². The Hall–Kier alpha value is -2.89. The largest absolute Gasteiger partial charge is 0.387 e. The Morgan fingerprint density at radius 3 is 1.97 bits per heavy atom. The fraction of sp³-hybridized carbons (Fsp3) is 0.333. The molecule has 4 rings (SSSR count). The Morgan fingerprint density at radius 2 is 1.41 bits per heavy atom. The summed E-state index contributed by atoms with van der Waals surface area (Å²) in [5, 5.41) is 11.3. The van der Waals surface area contributed by atoms with Crippen LogP contribution >= 0.6 is 0 Å². The monoisotopic (exact) mass is 554 g/mol. The van der Waals surface area contributed by atoms with Crippen LogP contribution in [-0.2, 0) is 46.5 Å². The number of aliphatic hydroxyl groups is 1. The van der Waals surface area contributed by atoms with Crippen LogP contribution in [0.5, 0.6) is 0 Å². The molecule has 3 aromatic rings. The van der Waals surface area contributed by atoms with Crippen molar-refractivity contribution in [2.75, 3.05) is 13.2 Å². The van der Waals surface area contributed by atoms with Gasteiger partial charge in [0, 0.05) is 0 Å². The van der Waals surface area contributed by atoms with E-state index >= 15 is 0 Å². The summed E-state index contributed by atoms with van der Waals surface area (Å²) < 4.78 is 55.2. The number of benzene rings is 3. The van der Waals surface area contributed by atoms with Gasteiger partial charge >= 0.3 is 0 Å². The summed E-state index contributed by atoms with van der Waals surface area (Å²) in [7, 11) is -4.09. The Balaban J connectivity index is 1.54. The van der Waals surface area contributed by atoms with Crippen LogP contribution < -0.4 is 0 Å². The third-order valence-electron chi connectivity index (χ3n) is 6.26. The predicted octanol–water partition coefficient (Wildman–Crippen LogP) is 4.16. The van der Waals surface area contributed by atoms with Crippen molar-refractivity contribution in [2.45, 2.75) is 55.7 Å². The van der Waals surface area contributed by atoms with Crippen LogP contribution in [0.25, 0.3) is 0 Å². The lowest BCUT2D eigenvalue weighted by Crippen LogP contribution is -2.61. The Bertz CT molecular complexity index is 1270. The zero-order valence-electron chi connectivity index (χ0n) is 21.8. The molecule has 1 saturated heterocycles. The van der Waals surface area contributed by atoms with Gasteiger partial charge in [-0.2, -0.15) is 8.42 Å². The molecule has 1 aliphatic heterocycles. The number of aryl methyl sites for hydroxylation is 1. The molecular weight excluding hydrogens is 520 g/mol. The van der Waals surface area contributed by atoms with Gasteiger partial charge in [0.15, 0.2) is 6.29 Å². The van der Waals surface area contributed by atoms with E-state index in [1.807, 2.05) is 67.6 Å². The third kappa shape index (κ3) is 8.06. The molecule has 0 spiro atoms. The molecule has 3 aromatic carbocycles. The summed E-state index contributed by atoms with van der Waals surface area (Å²) in [5.74, 6) is 0. The van der Waals surface area contributed by atoms with Crippen LogP contribution in [0.1, 0.15) is 16.7 Å². The summed E-state index contributed by atoms with van der Waals surface area (Å²) in [6.45, 7) is 5.68. The fourth-order valence-electron chi connectivity index (χ4n) is 4.16. The van der Waals surface area contributed by atoms with Gasteiger partial charge in [-0.25, -0.2) is 0 Å². The maximum atomic E-state index is 12.8. The molecule has 1 aliphatic rings. The molecule has 0 bridgehead atoms. The topological polar surface area (TPSA) is 101 Å². The van der Waals surface area contributed by atoms with Gasteiger partial charge < -0.3 is 24.1 Å². The molecular formula is C30H34O8S. The van der Waals surface area contributed by atoms with E-state index in [9.17, 15) is 13.5 Å². The van der Waals surface area contributed by atoms with Crippen LogP contribution in [0.4, 0.5) is 0 Å². The highest BCUT2D eigenvalue weighted by Crippen LogP contribution is 2.29. The number of rotatable bonds is 13. The highest BCUT2D eigenvalue weighted by molar-refractivity contribution is 7.86. The average molecular weight is 555 g/mol. The van der Waals surface area contributed by atoms with Crippen molar-refractivity contribution in [2.24, 2.45) is 0 Å². The van der Waals surface area contributed by atoms with E-state index < -0.39 is 47.4 Å². The normalized spacial score (nSPS) is 23.4. The summed E-state index contributed by atoms with van der Waals surface area (Å²) in [6, 6.07) is 25.4. The van der Waals surface area contributed by atoms with E-state index in [-0.39, 0.29) is 24.7 Å². The van der Waals surface area contributed by atoms with Gasteiger partial charge in [-0.15, -0.1) is 6.58 Å². The Kier molecular flexibility index (Phi) is 10.4. The standard InChI is InChI=1S/C30H34O8S/c1-3-18-34-30-29(36-20-24-12-8-5-9-13-24)28(35-19-23-10-6-4-7-11-23)27(31)26(38-30)21-37-39(32,33)25-16-14-22(2)15-17-25/h3-17,26-31H,1,18-21H2,2H3/t26-,27+,28+,29-,30+/m1/s1. The second-order valence-corrected chi connectivity index (χ2v) is 10.8. The smallest absolute Gasteiger partial charge is 0.297 e. The van der Waals surface area contributed by atoms with E-state index in [2.05, 4.69) is 6.58 Å². The van der Waals surface area contributed by atoms with Crippen LogP contribution in [0.3, 0.4) is 0 Å². The number of aliphatic hydroxyl groups excluding tert-OH is 1. The first-order chi connectivity index (χ1) is 18.9. The summed E-state index contributed by atoms with van der Waals surface area (Å²) in [4.78, 5) is 0.0128. The molecule has 1 heterocycles. The molecule has 9 heteroatoms. The van der Waals surface area contributed by atoms with Gasteiger partial charge in [0.1, 0.15) is 24.4 Å². The maximum Gasteiger partial charge on any atom is 0.297 e. The second-order valence-electron chi connectivity index (χ2n) is 9.23. The lowest BCUT2D eigenvalue weighted by Gasteiger charge is -2.44. The predicted molar refractivity (Wildman–Crippen MR) is 145 cm³/mol. The van der Waals surface area contributed by atoms with Crippen molar-refractivity contribution in [3.05, 3.63) is 114 Å². The summed E-state index contributed by atoms with van der Waals surface area (Å²) in [5.41, 5.74) is 2.74. The Labute approximate surface area is 229 Å². The molecule has 0 amide bonds. The van der Waals surface area contributed by atoms with E-state index in [1.54, 1.807) is 18.2 Å². The van der Waals surface area contributed by atoms with E-state index in [4.69, 9.17) is 23.1 Å². The minimum absolute atomic E-state index is 0.0128. The van der Waals surface area contributed by atoms with Crippen molar-refractivity contribution < 1.29 is 36.7 Å². The second kappa shape index (κ2) is 14.0. The van der Waals surface area contributed by atoms with Crippen LogP contribution in [0.2, 0.25) is 0 Å². The molecule has 0 radical (unpaired) electrons. The zero-order chi connectivity index (χ0) is 27.7. The van der Waals surface area contributed by atoms with Crippen molar-refractivity contribution in [3.8, 4) is 0 Å². The number of ether oxygens (including phenoxy) is 4. The quantitative estimate of drug-likeness (QED) is 0.248. The van der Waals surface area contributed by atoms with E-state index in [1.165, 1.54) is 12.1 Å². The minimum Gasteiger partial charge on any atom is -0.387 e. The first-order valence-corrected chi connectivity index (χ1v) is 14.1. The summed E-state index contributed by atoms with van der Waals surface area (Å²) in [6.07, 6.45) is -3.49. The summed E-state index contributed by atoms with van der Waals surface area (Å²) >= 11 is 0. The maximum absolute atomic E-state index is 12.8. The highest BCUT2D eigenvalue weighted by atomic mass is 32.2. The van der Waals surface area contributed by atoms with Crippen molar-refractivity contribution in [1.82, 2.24) is 0 Å². The van der Waals surface area contributed by atoms with Crippen LogP contribution in [-0.4, -0.2) is 57.4 Å². The molecule has 0 aromatic heterocycles. The molecule has 39 heavy (non-hydrogen) atoms. The van der Waals surface area contributed by atoms with Crippen molar-refractivity contribution >= 4 is 10.1 Å². The molecule has 0 unspecified atom stereocenters. The molecule has 1 fully saturated rings. The third-order valence-corrected chi connectivity index (χ3v) is 7.56. The van der Waals surface area contributed by atoms with Gasteiger partial charge in [0.05, 0.1) is 31.3 Å². The lowest BCUT2D eigenvalue weighted by atomic mass is 9.98. The van der Waals surface area contributed by atoms with Gasteiger partial charge in [-0.1, -0.05) is 84.4 Å². The molecule has 5 atom stereocenters. The van der Waals surface area contributed by atoms with E-state index in [0.717, 1.165) is 16.7 Å². The van der Waals surface area contributed by atoms with Gasteiger partial charge in [-0.05, 0) is 30.2 Å². The van der Waals surface area contributed by atoms with Crippen molar-refractivity contribution in [3.63, 3.8) is 0 Å². The van der Waals surface area contributed by atoms with Crippen molar-refractivity contribution in [1.29, 1.82) is 0 Å². The van der Waals surface area contributed by atoms with Gasteiger partial charge in [0.2, 0.25) is 0 Å². The number of hydrogen-bond donors (Lipinski definition) is 1.